The monoisotopic (exact) mass is 1060 g/mol. The van der Waals surface area contributed by atoms with Crippen LogP contribution in [-0.2, 0) is 37.4 Å². The van der Waals surface area contributed by atoms with Crippen LogP contribution in [0.1, 0.15) is 88.9 Å². The molecule has 0 spiro atoms. The number of aromatic nitrogens is 3. The molecule has 2 aliphatic heterocycles. The molecule has 75 heavy (non-hydrogen) atoms. The molecular weight excluding hydrogens is 995 g/mol. The van der Waals surface area contributed by atoms with Crippen molar-refractivity contribution < 1.29 is 60.9 Å². The highest BCUT2D eigenvalue weighted by atomic mass is 32.1. The van der Waals surface area contributed by atoms with Crippen LogP contribution in [-0.4, -0.2) is 168 Å². The molecule has 2 saturated heterocycles. The maximum absolute atomic E-state index is 14.7. The number of ether oxygens (including phenoxy) is 6. The summed E-state index contributed by atoms with van der Waals surface area (Å²) in [5.74, 6) is -1.34. The molecule has 2 atom stereocenters. The molecule has 1 aromatic carbocycles. The molecule has 1 saturated carbocycles. The number of hydrogen-bond acceptors (Lipinski definition) is 15. The molecule has 4 aromatic heterocycles. The maximum Gasteiger partial charge on any atom is 0.410 e. The SMILES string of the molecule is C[C@@H](C(=O)N[C@H](C(=O)N1CCN(C(=O)c2c(OCCOCCOCCOc3cc(CN4CCC(Oc5ccnc6ccsc56)CC4)on3)c3cc(F)c(F)cc3n2C)CC1)C1CCCCC1)N(C)C(=O)OC(C)(C)C. The van der Waals surface area contributed by atoms with Gasteiger partial charge in [0.05, 0.1) is 48.7 Å². The standard InChI is InChI=1S/C53H70F2N8O11S/c1-34(59(5)52(67)73-53(2,3)4)49(64)57-45(35-10-8-7-9-11-35)50(65)62-19-21-63(22-20-62)51(66)46-47(38-31-39(54)40(55)32-42(38)60(46)6)71-28-26-69-24-23-68-25-27-70-44-30-37(74-58-44)33-61-17-13-36(14-18-61)72-43-12-16-56-41-15-29-75-48(41)43/h12,15-16,29-32,34-36,45H,7-11,13-14,17-28,33H2,1-6H3,(H,57,64)/t34-,45-/m0/s1. The molecule has 1 N–H and O–H groups in total. The predicted molar refractivity (Wildman–Crippen MR) is 275 cm³/mol. The smallest absolute Gasteiger partial charge is 0.410 e. The molecule has 22 heteroatoms. The van der Waals surface area contributed by atoms with Crippen LogP contribution in [0.15, 0.2) is 46.4 Å². The number of carbonyl (C=O) groups is 4. The fraction of sp³-hybridized carbons (Fsp3) is 0.585. The highest BCUT2D eigenvalue weighted by Crippen LogP contribution is 2.36. The van der Waals surface area contributed by atoms with Gasteiger partial charge in [-0.05, 0) is 88.0 Å². The topological polar surface area (TPSA) is 192 Å². The summed E-state index contributed by atoms with van der Waals surface area (Å²) in [6.07, 6.45) is 7.51. The number of likely N-dealkylation sites (tertiary alicyclic amines) is 1. The molecule has 19 nitrogen and oxygen atoms in total. The van der Waals surface area contributed by atoms with Crippen LogP contribution in [0, 0.1) is 17.6 Å². The van der Waals surface area contributed by atoms with Gasteiger partial charge in [-0.15, -0.1) is 11.3 Å². The highest BCUT2D eigenvalue weighted by molar-refractivity contribution is 7.17. The van der Waals surface area contributed by atoms with Crippen LogP contribution >= 0.6 is 11.3 Å². The summed E-state index contributed by atoms with van der Waals surface area (Å²) >= 11 is 1.64. The van der Waals surface area contributed by atoms with E-state index in [2.05, 4.69) is 20.4 Å². The Morgan fingerprint density at radius 2 is 1.53 bits per heavy atom. The number of pyridine rings is 1. The highest BCUT2D eigenvalue weighted by Gasteiger charge is 2.39. The minimum Gasteiger partial charge on any atom is -0.489 e. The fourth-order valence-electron chi connectivity index (χ4n) is 9.74. The Hall–Kier alpha value is -6.10. The number of carbonyl (C=O) groups excluding carboxylic acids is 4. The van der Waals surface area contributed by atoms with Crippen molar-refractivity contribution in [3.05, 3.63) is 65.0 Å². The lowest BCUT2D eigenvalue weighted by Gasteiger charge is -2.39. The van der Waals surface area contributed by atoms with Crippen LogP contribution < -0.4 is 19.5 Å². The lowest BCUT2D eigenvalue weighted by Crippen LogP contribution is -2.59. The van der Waals surface area contributed by atoms with Gasteiger partial charge in [-0.25, -0.2) is 13.6 Å². The van der Waals surface area contributed by atoms with Gasteiger partial charge in [0.2, 0.25) is 11.8 Å². The van der Waals surface area contributed by atoms with E-state index in [0.717, 1.165) is 86.1 Å². The molecule has 0 bridgehead atoms. The number of thiophene rings is 1. The van der Waals surface area contributed by atoms with E-state index in [0.29, 0.717) is 18.2 Å². The van der Waals surface area contributed by atoms with Crippen molar-refractivity contribution in [2.45, 2.75) is 103 Å². The summed E-state index contributed by atoms with van der Waals surface area (Å²) < 4.78 is 72.5. The number of hydrogen-bond donors (Lipinski definition) is 1. The van der Waals surface area contributed by atoms with Crippen LogP contribution in [0.2, 0.25) is 0 Å². The van der Waals surface area contributed by atoms with E-state index < -0.39 is 47.2 Å². The van der Waals surface area contributed by atoms with Crippen LogP contribution in [0.3, 0.4) is 0 Å². The summed E-state index contributed by atoms with van der Waals surface area (Å²) in [6, 6.07) is 6.05. The van der Waals surface area contributed by atoms with Crippen molar-refractivity contribution in [2.75, 3.05) is 86.0 Å². The molecule has 6 heterocycles. The Morgan fingerprint density at radius 3 is 2.24 bits per heavy atom. The number of fused-ring (bicyclic) bond motifs is 2. The first-order valence-corrected chi connectivity index (χ1v) is 26.8. The zero-order valence-electron chi connectivity index (χ0n) is 43.8. The Morgan fingerprint density at radius 1 is 0.867 bits per heavy atom. The van der Waals surface area contributed by atoms with Crippen LogP contribution in [0.5, 0.6) is 17.4 Å². The number of nitrogens with zero attached hydrogens (tertiary/aromatic N) is 7. The predicted octanol–water partition coefficient (Wildman–Crippen LogP) is 7.19. The van der Waals surface area contributed by atoms with Crippen molar-refractivity contribution in [1.82, 2.24) is 39.6 Å². The van der Waals surface area contributed by atoms with Gasteiger partial charge in [0.1, 0.15) is 42.8 Å². The van der Waals surface area contributed by atoms with Crippen molar-refractivity contribution >= 4 is 56.3 Å². The molecule has 0 unspecified atom stereocenters. The van der Waals surface area contributed by atoms with E-state index in [1.165, 1.54) is 16.5 Å². The second kappa shape index (κ2) is 25.2. The molecule has 4 amide bonds. The van der Waals surface area contributed by atoms with Crippen molar-refractivity contribution in [3.63, 3.8) is 0 Å². The number of halogens is 2. The number of nitrogens with one attached hydrogen (secondary N) is 1. The number of piperidine rings is 1. The van der Waals surface area contributed by atoms with Crippen LogP contribution in [0.25, 0.3) is 21.1 Å². The first-order chi connectivity index (χ1) is 36.0. The van der Waals surface area contributed by atoms with Crippen molar-refractivity contribution in [3.8, 4) is 17.4 Å². The maximum atomic E-state index is 14.7. The third-order valence-electron chi connectivity index (χ3n) is 14.0. The summed E-state index contributed by atoms with van der Waals surface area (Å²) in [5.41, 5.74) is 0.566. The quantitative estimate of drug-likeness (QED) is 0.0726. The summed E-state index contributed by atoms with van der Waals surface area (Å²) in [5, 5.41) is 9.27. The normalized spacial score (nSPS) is 17.0. The average Bonchev–Trinajstić information content (AvgIpc) is 4.15. The number of likely N-dealkylation sites (N-methyl/N-ethyl adjacent to an activating group) is 1. The third kappa shape index (κ3) is 14.0. The first-order valence-electron chi connectivity index (χ1n) is 25.9. The summed E-state index contributed by atoms with van der Waals surface area (Å²) in [4.78, 5) is 66.2. The zero-order valence-corrected chi connectivity index (χ0v) is 44.6. The van der Waals surface area contributed by atoms with Gasteiger partial charge in [0, 0.05) is 77.1 Å². The molecule has 3 fully saturated rings. The average molecular weight is 1070 g/mol. The second-order valence-electron chi connectivity index (χ2n) is 20.4. The Labute approximate surface area is 439 Å². The van der Waals surface area contributed by atoms with Crippen LogP contribution in [0.4, 0.5) is 13.6 Å². The zero-order chi connectivity index (χ0) is 53.2. The molecule has 408 valence electrons. The molecule has 3 aliphatic rings. The van der Waals surface area contributed by atoms with E-state index in [-0.39, 0.29) is 106 Å². The van der Waals surface area contributed by atoms with Gasteiger partial charge >= 0.3 is 6.09 Å². The first kappa shape index (κ1) is 55.1. The van der Waals surface area contributed by atoms with Crippen molar-refractivity contribution in [2.24, 2.45) is 13.0 Å². The van der Waals surface area contributed by atoms with Crippen molar-refractivity contribution in [1.29, 1.82) is 0 Å². The van der Waals surface area contributed by atoms with E-state index in [4.69, 9.17) is 32.9 Å². The number of aryl methyl sites for hydroxylation is 1. The summed E-state index contributed by atoms with van der Waals surface area (Å²) in [6.45, 7) is 11.0. The van der Waals surface area contributed by atoms with Gasteiger partial charge < -0.3 is 52.6 Å². The van der Waals surface area contributed by atoms with Gasteiger partial charge in [0.25, 0.3) is 11.8 Å². The molecular formula is C53H70F2N8O11S. The second-order valence-corrected chi connectivity index (χ2v) is 21.3. The van der Waals surface area contributed by atoms with Gasteiger partial charge in [-0.2, -0.15) is 0 Å². The Bertz CT molecular complexity index is 2740. The Kier molecular flexibility index (Phi) is 18.5. The fourth-order valence-corrected chi connectivity index (χ4v) is 10.6. The van der Waals surface area contributed by atoms with E-state index in [1.807, 2.05) is 17.5 Å². The van der Waals surface area contributed by atoms with Gasteiger partial charge in [-0.1, -0.05) is 19.3 Å². The molecule has 1 aliphatic carbocycles. The molecule has 5 aromatic rings. The lowest BCUT2D eigenvalue weighted by atomic mass is 9.83. The van der Waals surface area contributed by atoms with Gasteiger partial charge in [-0.3, -0.25) is 29.2 Å². The Balaban J connectivity index is 0.765. The number of amides is 4. The van der Waals surface area contributed by atoms with E-state index >= 15 is 0 Å². The van der Waals surface area contributed by atoms with Gasteiger partial charge in [0.15, 0.2) is 28.8 Å². The largest absolute Gasteiger partial charge is 0.489 e. The number of piperazine rings is 1. The minimum absolute atomic E-state index is 0.00508. The third-order valence-corrected chi connectivity index (χ3v) is 14.9. The molecule has 8 rings (SSSR count). The molecule has 0 radical (unpaired) electrons. The van der Waals surface area contributed by atoms with E-state index in [9.17, 15) is 28.0 Å². The summed E-state index contributed by atoms with van der Waals surface area (Å²) in [7, 11) is 3.08. The number of rotatable bonds is 21. The van der Waals surface area contributed by atoms with E-state index in [1.54, 1.807) is 68.1 Å². The number of benzene rings is 1. The minimum atomic E-state index is -1.09. The lowest BCUT2D eigenvalue weighted by molar-refractivity contribution is -0.140.